The minimum Gasteiger partial charge on any atom is -0.504 e. The number of Topliss-reactive ketones (excluding diaryl/α,β-unsaturated/α-hetero) is 1. The number of phenols is 2. The zero-order chi connectivity index (χ0) is 11.6. The van der Waals surface area contributed by atoms with Crippen LogP contribution in [0.4, 0.5) is 0 Å². The summed E-state index contributed by atoms with van der Waals surface area (Å²) in [6.07, 6.45) is 0.415. The summed E-state index contributed by atoms with van der Waals surface area (Å²) in [5.74, 6) is -1.75. The second-order valence-corrected chi connectivity index (χ2v) is 2.91. The highest BCUT2D eigenvalue weighted by Crippen LogP contribution is 2.39. The number of aromatic hydroxyl groups is 2. The first-order valence-electron chi connectivity index (χ1n) is 4.12. The molecule has 0 heterocycles. The summed E-state index contributed by atoms with van der Waals surface area (Å²) < 4.78 is 4.72. The average Bonchev–Trinajstić information content (AvgIpc) is 2.20. The normalized spacial score (nSPS) is 9.73. The molecule has 0 atom stereocenters. The number of carbonyl (C=O) groups is 2. The molecule has 1 aromatic carbocycles. The zero-order valence-corrected chi connectivity index (χ0v) is 8.27. The molecule has 5 heteroatoms. The van der Waals surface area contributed by atoms with E-state index in [1.54, 1.807) is 0 Å². The van der Waals surface area contributed by atoms with E-state index in [-0.39, 0.29) is 16.9 Å². The minimum atomic E-state index is -0.635. The summed E-state index contributed by atoms with van der Waals surface area (Å²) in [6.45, 7) is 1.19. The van der Waals surface area contributed by atoms with Crippen LogP contribution in [0, 0.1) is 0 Å². The van der Waals surface area contributed by atoms with Gasteiger partial charge in [0.1, 0.15) is 0 Å². The molecule has 0 amide bonds. The molecule has 0 spiro atoms. The molecule has 80 valence electrons. The molecule has 0 aromatic heterocycles. The minimum absolute atomic E-state index is 0.0188. The van der Waals surface area contributed by atoms with Crippen LogP contribution in [0.2, 0.25) is 0 Å². The molecule has 0 unspecified atom stereocenters. The van der Waals surface area contributed by atoms with E-state index < -0.39 is 17.3 Å². The van der Waals surface area contributed by atoms with E-state index in [9.17, 15) is 19.8 Å². The van der Waals surface area contributed by atoms with E-state index in [4.69, 9.17) is 4.74 Å². The van der Waals surface area contributed by atoms with Crippen LogP contribution in [0.25, 0.3) is 0 Å². The first kappa shape index (κ1) is 11.0. The highest BCUT2D eigenvalue weighted by atomic mass is 16.5. The zero-order valence-electron chi connectivity index (χ0n) is 8.27. The smallest absolute Gasteiger partial charge is 0.201 e. The Labute approximate surface area is 85.9 Å². The molecule has 0 bridgehead atoms. The van der Waals surface area contributed by atoms with E-state index in [1.165, 1.54) is 20.1 Å². The van der Waals surface area contributed by atoms with Crippen molar-refractivity contribution in [1.29, 1.82) is 0 Å². The van der Waals surface area contributed by atoms with Crippen molar-refractivity contribution in [3.05, 3.63) is 17.2 Å². The van der Waals surface area contributed by atoms with Crippen molar-refractivity contribution >= 4 is 12.1 Å². The molecule has 0 saturated heterocycles. The number of carbonyl (C=O) groups excluding carboxylic acids is 2. The molecule has 15 heavy (non-hydrogen) atoms. The summed E-state index contributed by atoms with van der Waals surface area (Å²) in [4.78, 5) is 21.8. The fourth-order valence-corrected chi connectivity index (χ4v) is 1.27. The predicted molar refractivity (Wildman–Crippen MR) is 51.7 cm³/mol. The number of benzene rings is 1. The van der Waals surface area contributed by atoms with Crippen LogP contribution in [0.1, 0.15) is 27.6 Å². The van der Waals surface area contributed by atoms with Crippen LogP contribution < -0.4 is 4.74 Å². The highest BCUT2D eigenvalue weighted by Gasteiger charge is 2.20. The molecular weight excluding hydrogens is 200 g/mol. The topological polar surface area (TPSA) is 83.8 Å². The molecule has 0 aliphatic heterocycles. The Morgan fingerprint density at radius 1 is 1.40 bits per heavy atom. The number of methoxy groups -OCH3 is 1. The monoisotopic (exact) mass is 210 g/mol. The molecule has 0 radical (unpaired) electrons. The van der Waals surface area contributed by atoms with Crippen LogP contribution in [-0.4, -0.2) is 29.4 Å². The van der Waals surface area contributed by atoms with Gasteiger partial charge in [-0.1, -0.05) is 0 Å². The van der Waals surface area contributed by atoms with Gasteiger partial charge >= 0.3 is 0 Å². The van der Waals surface area contributed by atoms with Crippen LogP contribution >= 0.6 is 0 Å². The van der Waals surface area contributed by atoms with Crippen LogP contribution in [0.3, 0.4) is 0 Å². The van der Waals surface area contributed by atoms with Gasteiger partial charge in [-0.05, 0) is 13.0 Å². The lowest BCUT2D eigenvalue weighted by molar-refractivity contribution is 0.100. The van der Waals surface area contributed by atoms with Gasteiger partial charge in [-0.15, -0.1) is 0 Å². The quantitative estimate of drug-likeness (QED) is 0.443. The second-order valence-electron chi connectivity index (χ2n) is 2.91. The van der Waals surface area contributed by atoms with Crippen molar-refractivity contribution in [2.24, 2.45) is 0 Å². The average molecular weight is 210 g/mol. The van der Waals surface area contributed by atoms with E-state index in [0.29, 0.717) is 6.29 Å². The molecule has 0 saturated carbocycles. The van der Waals surface area contributed by atoms with E-state index in [2.05, 4.69) is 0 Å². The van der Waals surface area contributed by atoms with Crippen molar-refractivity contribution in [2.45, 2.75) is 6.92 Å². The third kappa shape index (κ3) is 1.76. The van der Waals surface area contributed by atoms with Gasteiger partial charge in [-0.3, -0.25) is 9.59 Å². The van der Waals surface area contributed by atoms with Crippen molar-refractivity contribution in [3.63, 3.8) is 0 Å². The van der Waals surface area contributed by atoms with Gasteiger partial charge in [0.15, 0.2) is 23.6 Å². The lowest BCUT2D eigenvalue weighted by atomic mass is 10.0. The van der Waals surface area contributed by atoms with Crippen molar-refractivity contribution in [2.75, 3.05) is 7.11 Å². The van der Waals surface area contributed by atoms with Gasteiger partial charge < -0.3 is 14.9 Å². The maximum atomic E-state index is 11.1. The lowest BCUT2D eigenvalue weighted by Gasteiger charge is -2.10. The Balaban J connectivity index is 3.58. The van der Waals surface area contributed by atoms with Gasteiger partial charge in [0.05, 0.1) is 12.7 Å². The number of ketones is 1. The number of ether oxygens (including phenoxy) is 1. The predicted octanol–water partition coefficient (Wildman–Crippen LogP) is 1.12. The Morgan fingerprint density at radius 2 is 2.00 bits per heavy atom. The third-order valence-electron chi connectivity index (χ3n) is 1.97. The molecule has 5 nitrogen and oxygen atoms in total. The highest BCUT2D eigenvalue weighted by molar-refractivity contribution is 6.05. The maximum Gasteiger partial charge on any atom is 0.201 e. The first-order valence-corrected chi connectivity index (χ1v) is 4.12. The Bertz CT molecular complexity index is 422. The van der Waals surface area contributed by atoms with E-state index in [0.717, 1.165) is 0 Å². The van der Waals surface area contributed by atoms with Gasteiger partial charge in [-0.25, -0.2) is 0 Å². The van der Waals surface area contributed by atoms with Gasteiger partial charge in [0, 0.05) is 5.56 Å². The van der Waals surface area contributed by atoms with Crippen molar-refractivity contribution in [3.8, 4) is 17.2 Å². The molecular formula is C10H10O5. The summed E-state index contributed by atoms with van der Waals surface area (Å²) >= 11 is 0. The Morgan fingerprint density at radius 3 is 2.40 bits per heavy atom. The number of hydrogen-bond donors (Lipinski definition) is 2. The molecule has 2 N–H and O–H groups in total. The Kier molecular flexibility index (Phi) is 2.94. The summed E-state index contributed by atoms with van der Waals surface area (Å²) in [7, 11) is 1.27. The molecule has 0 fully saturated rings. The van der Waals surface area contributed by atoms with Crippen LogP contribution in [-0.2, 0) is 0 Å². The fraction of sp³-hybridized carbons (Fsp3) is 0.200. The van der Waals surface area contributed by atoms with Gasteiger partial charge in [0.25, 0.3) is 0 Å². The molecule has 0 aliphatic rings. The first-order chi connectivity index (χ1) is 7.02. The van der Waals surface area contributed by atoms with Gasteiger partial charge in [-0.2, -0.15) is 0 Å². The summed E-state index contributed by atoms with van der Waals surface area (Å²) in [5, 5.41) is 18.9. The van der Waals surface area contributed by atoms with Crippen molar-refractivity contribution in [1.82, 2.24) is 0 Å². The number of aldehydes is 1. The molecule has 1 aromatic rings. The molecule has 0 aliphatic carbocycles. The molecule has 1 rings (SSSR count). The number of phenolic OH excluding ortho intramolecular Hbond substituents is 2. The number of hydrogen-bond acceptors (Lipinski definition) is 5. The van der Waals surface area contributed by atoms with E-state index >= 15 is 0 Å². The van der Waals surface area contributed by atoms with Crippen LogP contribution in [0.5, 0.6) is 17.2 Å². The number of rotatable bonds is 3. The standard InChI is InChI=1S/C10H10O5/c1-5(12)8-6(4-11)3-7(15-2)9(13)10(8)14/h3-4,13-14H,1-2H3. The van der Waals surface area contributed by atoms with E-state index in [1.807, 2.05) is 0 Å². The summed E-state index contributed by atoms with van der Waals surface area (Å²) in [6, 6.07) is 1.19. The fourth-order valence-electron chi connectivity index (χ4n) is 1.27. The largest absolute Gasteiger partial charge is 0.504 e. The van der Waals surface area contributed by atoms with Gasteiger partial charge in [0.2, 0.25) is 5.75 Å². The Hall–Kier alpha value is -2.04. The lowest BCUT2D eigenvalue weighted by Crippen LogP contribution is -2.01. The second kappa shape index (κ2) is 4.00. The third-order valence-corrected chi connectivity index (χ3v) is 1.97. The van der Waals surface area contributed by atoms with Crippen molar-refractivity contribution < 1.29 is 24.5 Å². The summed E-state index contributed by atoms with van der Waals surface area (Å²) in [5.41, 5.74) is -0.224. The SMILES string of the molecule is COc1cc(C=O)c(C(C)=O)c(O)c1O. The maximum absolute atomic E-state index is 11.1. The van der Waals surface area contributed by atoms with Crippen LogP contribution in [0.15, 0.2) is 6.07 Å².